The molecule has 2 N–H and O–H groups in total. The first-order valence-corrected chi connectivity index (χ1v) is 7.40. The number of furan rings is 1. The van der Waals surface area contributed by atoms with E-state index in [1.165, 1.54) is 24.3 Å². The molecule has 0 atom stereocenters. The highest BCUT2D eigenvalue weighted by Gasteiger charge is 2.11. The third-order valence-corrected chi connectivity index (χ3v) is 3.41. The molecule has 0 saturated carbocycles. The Morgan fingerprint density at radius 1 is 1.16 bits per heavy atom. The van der Waals surface area contributed by atoms with Crippen molar-refractivity contribution in [2.75, 3.05) is 0 Å². The van der Waals surface area contributed by atoms with Crippen LogP contribution in [-0.2, 0) is 17.8 Å². The molecule has 1 amide bonds. The fourth-order valence-electron chi connectivity index (χ4n) is 2.19. The molecule has 0 bridgehead atoms. The summed E-state index contributed by atoms with van der Waals surface area (Å²) in [4.78, 5) is 22.7. The van der Waals surface area contributed by atoms with Crippen molar-refractivity contribution in [1.29, 1.82) is 0 Å². The first kappa shape index (κ1) is 16.4. The number of carbonyl (C=O) groups is 2. The number of rotatable bonds is 6. The van der Waals surface area contributed by atoms with Gasteiger partial charge in [0.15, 0.2) is 0 Å². The normalized spacial score (nSPS) is 10.6. The summed E-state index contributed by atoms with van der Waals surface area (Å²) in [6, 6.07) is 10.3. The molecule has 0 aliphatic heterocycles. The average Bonchev–Trinajstić information content (AvgIpc) is 3.23. The standard InChI is InChI=1S/C17H14FN3O4/c18-11-1-3-13(4-2-11)21-8-7-12(20-21)9-16(22)19-10-14-5-6-15(25-14)17(23)24/h1-8H,9-10H2,(H,19,22)(H,23,24). The molecule has 7 nitrogen and oxygen atoms in total. The minimum absolute atomic E-state index is 0.0562. The van der Waals surface area contributed by atoms with Gasteiger partial charge in [0.2, 0.25) is 11.7 Å². The lowest BCUT2D eigenvalue weighted by molar-refractivity contribution is -0.120. The highest BCUT2D eigenvalue weighted by Crippen LogP contribution is 2.10. The van der Waals surface area contributed by atoms with E-state index in [0.29, 0.717) is 17.1 Å². The number of carboxylic acids is 1. The van der Waals surface area contributed by atoms with Gasteiger partial charge in [-0.3, -0.25) is 4.79 Å². The van der Waals surface area contributed by atoms with Gasteiger partial charge in [0.25, 0.3) is 0 Å². The number of nitrogens with zero attached hydrogens (tertiary/aromatic N) is 2. The van der Waals surface area contributed by atoms with Gasteiger partial charge < -0.3 is 14.8 Å². The molecule has 0 saturated heterocycles. The third-order valence-electron chi connectivity index (χ3n) is 3.41. The van der Waals surface area contributed by atoms with E-state index in [1.54, 1.807) is 29.1 Å². The van der Waals surface area contributed by atoms with Crippen molar-refractivity contribution >= 4 is 11.9 Å². The molecule has 128 valence electrons. The van der Waals surface area contributed by atoms with Crippen LogP contribution in [0.1, 0.15) is 22.0 Å². The summed E-state index contributed by atoms with van der Waals surface area (Å²) >= 11 is 0. The van der Waals surface area contributed by atoms with Gasteiger partial charge in [0, 0.05) is 6.20 Å². The lowest BCUT2D eigenvalue weighted by Gasteiger charge is -2.02. The summed E-state index contributed by atoms with van der Waals surface area (Å²) in [6.07, 6.45) is 1.74. The molecule has 25 heavy (non-hydrogen) atoms. The Kier molecular flexibility index (Phi) is 4.60. The summed E-state index contributed by atoms with van der Waals surface area (Å²) in [5, 5.41) is 15.7. The van der Waals surface area contributed by atoms with Crippen LogP contribution in [0.25, 0.3) is 5.69 Å². The molecule has 0 aliphatic rings. The molecule has 8 heteroatoms. The second-order valence-corrected chi connectivity index (χ2v) is 5.25. The molecule has 3 rings (SSSR count). The van der Waals surface area contributed by atoms with E-state index in [2.05, 4.69) is 10.4 Å². The number of benzene rings is 1. The Labute approximate surface area is 141 Å². The lowest BCUT2D eigenvalue weighted by Crippen LogP contribution is -2.24. The zero-order valence-electron chi connectivity index (χ0n) is 13.0. The van der Waals surface area contributed by atoms with Crippen molar-refractivity contribution in [2.45, 2.75) is 13.0 Å². The largest absolute Gasteiger partial charge is 0.475 e. The van der Waals surface area contributed by atoms with Crippen LogP contribution in [0.2, 0.25) is 0 Å². The van der Waals surface area contributed by atoms with Crippen LogP contribution in [0.3, 0.4) is 0 Å². The Balaban J connectivity index is 1.56. The Morgan fingerprint density at radius 2 is 1.92 bits per heavy atom. The number of carbonyl (C=O) groups excluding carboxylic acids is 1. The topological polar surface area (TPSA) is 97.4 Å². The molecule has 0 unspecified atom stereocenters. The van der Waals surface area contributed by atoms with Crippen molar-refractivity contribution in [3.05, 3.63) is 71.7 Å². The van der Waals surface area contributed by atoms with Gasteiger partial charge in [-0.2, -0.15) is 5.10 Å². The summed E-state index contributed by atoms with van der Waals surface area (Å²) in [7, 11) is 0. The molecule has 0 fully saturated rings. The van der Waals surface area contributed by atoms with Crippen LogP contribution in [0.5, 0.6) is 0 Å². The first-order chi connectivity index (χ1) is 12.0. The zero-order valence-corrected chi connectivity index (χ0v) is 13.0. The number of amides is 1. The number of nitrogens with one attached hydrogen (secondary N) is 1. The minimum Gasteiger partial charge on any atom is -0.475 e. The van der Waals surface area contributed by atoms with Gasteiger partial charge in [0.1, 0.15) is 11.6 Å². The van der Waals surface area contributed by atoms with Gasteiger partial charge in [-0.15, -0.1) is 0 Å². The van der Waals surface area contributed by atoms with Gasteiger partial charge in [-0.1, -0.05) is 0 Å². The maximum Gasteiger partial charge on any atom is 0.371 e. The molecule has 2 aromatic heterocycles. The van der Waals surface area contributed by atoms with Crippen molar-refractivity contribution in [1.82, 2.24) is 15.1 Å². The average molecular weight is 343 g/mol. The maximum atomic E-state index is 12.9. The highest BCUT2D eigenvalue weighted by atomic mass is 19.1. The molecular weight excluding hydrogens is 329 g/mol. The van der Waals surface area contributed by atoms with Crippen LogP contribution >= 0.6 is 0 Å². The number of carboxylic acid groups (broad SMARTS) is 1. The number of hydrogen-bond acceptors (Lipinski definition) is 4. The molecule has 0 radical (unpaired) electrons. The fraction of sp³-hybridized carbons (Fsp3) is 0.118. The predicted octanol–water partition coefficient (Wildman–Crippen LogP) is 2.16. The van der Waals surface area contributed by atoms with Gasteiger partial charge in [-0.25, -0.2) is 13.9 Å². The van der Waals surface area contributed by atoms with Crippen LogP contribution in [0, 0.1) is 5.82 Å². The van der Waals surface area contributed by atoms with E-state index < -0.39 is 5.97 Å². The number of aromatic nitrogens is 2. The summed E-state index contributed by atoms with van der Waals surface area (Å²) < 4.78 is 19.5. The Morgan fingerprint density at radius 3 is 2.60 bits per heavy atom. The fourth-order valence-corrected chi connectivity index (χ4v) is 2.19. The molecule has 0 spiro atoms. The van der Waals surface area contributed by atoms with Crippen LogP contribution in [-0.4, -0.2) is 26.8 Å². The molecule has 0 aliphatic carbocycles. The van der Waals surface area contributed by atoms with Crippen LogP contribution in [0.15, 0.2) is 53.1 Å². The minimum atomic E-state index is -1.16. The Bertz CT molecular complexity index is 899. The molecular formula is C17H14FN3O4. The lowest BCUT2D eigenvalue weighted by atomic mass is 10.3. The molecule has 1 aromatic carbocycles. The summed E-state index contributed by atoms with van der Waals surface area (Å²) in [5.74, 6) is -1.61. The number of hydrogen-bond donors (Lipinski definition) is 2. The SMILES string of the molecule is O=C(Cc1ccn(-c2ccc(F)cc2)n1)NCc1ccc(C(=O)O)o1. The van der Waals surface area contributed by atoms with Crippen molar-refractivity contribution in [3.8, 4) is 5.69 Å². The summed E-state index contributed by atoms with van der Waals surface area (Å²) in [5.41, 5.74) is 1.23. The van der Waals surface area contributed by atoms with E-state index >= 15 is 0 Å². The van der Waals surface area contributed by atoms with E-state index in [-0.39, 0.29) is 30.5 Å². The van der Waals surface area contributed by atoms with E-state index in [9.17, 15) is 14.0 Å². The zero-order chi connectivity index (χ0) is 17.8. The van der Waals surface area contributed by atoms with E-state index in [0.717, 1.165) is 0 Å². The van der Waals surface area contributed by atoms with Crippen LogP contribution in [0.4, 0.5) is 4.39 Å². The van der Waals surface area contributed by atoms with Crippen LogP contribution < -0.4 is 5.32 Å². The van der Waals surface area contributed by atoms with Gasteiger partial charge in [0.05, 0.1) is 24.3 Å². The molecule has 2 heterocycles. The Hall–Kier alpha value is -3.42. The predicted molar refractivity (Wildman–Crippen MR) is 84.7 cm³/mol. The van der Waals surface area contributed by atoms with E-state index in [1.807, 2.05) is 0 Å². The smallest absolute Gasteiger partial charge is 0.371 e. The highest BCUT2D eigenvalue weighted by molar-refractivity contribution is 5.84. The number of aromatic carboxylic acids is 1. The number of halogens is 1. The van der Waals surface area contributed by atoms with Gasteiger partial charge in [-0.05, 0) is 42.5 Å². The van der Waals surface area contributed by atoms with Crippen molar-refractivity contribution in [3.63, 3.8) is 0 Å². The third kappa shape index (κ3) is 4.11. The van der Waals surface area contributed by atoms with Crippen molar-refractivity contribution in [2.24, 2.45) is 0 Å². The van der Waals surface area contributed by atoms with Crippen molar-refractivity contribution < 1.29 is 23.5 Å². The first-order valence-electron chi connectivity index (χ1n) is 7.40. The quantitative estimate of drug-likeness (QED) is 0.715. The second kappa shape index (κ2) is 7.00. The monoisotopic (exact) mass is 343 g/mol. The second-order valence-electron chi connectivity index (χ2n) is 5.25. The summed E-state index contributed by atoms with van der Waals surface area (Å²) in [6.45, 7) is 0.0881. The van der Waals surface area contributed by atoms with Gasteiger partial charge >= 0.3 is 5.97 Å². The molecule has 3 aromatic rings. The maximum absolute atomic E-state index is 12.9. The van der Waals surface area contributed by atoms with E-state index in [4.69, 9.17) is 9.52 Å².